The molecule has 5 nitrogen and oxygen atoms in total. The average Bonchev–Trinajstić information content (AvgIpc) is 3.28. The molecule has 1 fully saturated rings. The van der Waals surface area contributed by atoms with Crippen LogP contribution in [0.4, 0.5) is 0 Å². The van der Waals surface area contributed by atoms with Crippen LogP contribution >= 0.6 is 0 Å². The molecule has 1 saturated carbocycles. The third-order valence-corrected chi connectivity index (χ3v) is 6.06. The van der Waals surface area contributed by atoms with Gasteiger partial charge in [0.1, 0.15) is 11.5 Å². The molecule has 2 atom stereocenters. The number of aliphatic hydroxyl groups excluding tert-OH is 1. The molecule has 0 aromatic heterocycles. The summed E-state index contributed by atoms with van der Waals surface area (Å²) in [6.45, 7) is 2.04. The Morgan fingerprint density at radius 3 is 2.35 bits per heavy atom. The minimum atomic E-state index is -0.868. The van der Waals surface area contributed by atoms with Crippen LogP contribution < -0.4 is 4.74 Å². The van der Waals surface area contributed by atoms with Crippen molar-refractivity contribution in [2.24, 2.45) is 5.92 Å². The van der Waals surface area contributed by atoms with E-state index in [0.717, 1.165) is 40.5 Å². The fourth-order valence-electron chi connectivity index (χ4n) is 4.01. The molecule has 0 spiro atoms. The van der Waals surface area contributed by atoms with Gasteiger partial charge in [-0.25, -0.2) is 4.79 Å². The molecular weight excluding hydrogens is 428 g/mol. The number of aryl methyl sites for hydroxylation is 1. The molecule has 3 aromatic rings. The Morgan fingerprint density at radius 2 is 1.74 bits per heavy atom. The number of benzene rings is 3. The number of aromatic carboxylic acids is 1. The third kappa shape index (κ3) is 7.29. The first-order chi connectivity index (χ1) is 16.4. The number of Topliss-reactive ketones (excluding diaryl/α,β-unsaturated/α-hetero) is 1. The van der Waals surface area contributed by atoms with E-state index in [1.807, 2.05) is 55.5 Å². The van der Waals surface area contributed by atoms with Crippen molar-refractivity contribution in [2.45, 2.75) is 45.1 Å². The number of carboxylic acids is 1. The molecule has 1 aliphatic carbocycles. The van der Waals surface area contributed by atoms with Crippen LogP contribution in [-0.2, 0) is 17.6 Å². The number of fused-ring (bicyclic) bond motifs is 1. The van der Waals surface area contributed by atoms with Gasteiger partial charge >= 0.3 is 5.97 Å². The second-order valence-corrected chi connectivity index (χ2v) is 8.60. The number of allylic oxidation sites excluding steroid dienone is 1. The topological polar surface area (TPSA) is 83.8 Å². The summed E-state index contributed by atoms with van der Waals surface area (Å²) < 4.78 is 5.23. The summed E-state index contributed by atoms with van der Waals surface area (Å²) in [6.07, 6.45) is 7.07. The smallest absolute Gasteiger partial charge is 0.335 e. The second-order valence-electron chi connectivity index (χ2n) is 8.60. The molecule has 4 rings (SSSR count). The van der Waals surface area contributed by atoms with Crippen molar-refractivity contribution in [3.63, 3.8) is 0 Å². The number of methoxy groups -OCH3 is 1. The normalized spacial score (nSPS) is 16.3. The Hall–Kier alpha value is -3.44. The Morgan fingerprint density at radius 1 is 1.06 bits per heavy atom. The molecule has 0 saturated heterocycles. The lowest BCUT2D eigenvalue weighted by molar-refractivity contribution is -0.117. The lowest BCUT2D eigenvalue weighted by Crippen LogP contribution is -2.07. The van der Waals surface area contributed by atoms with E-state index in [9.17, 15) is 14.7 Å². The van der Waals surface area contributed by atoms with Gasteiger partial charge in [-0.2, -0.15) is 0 Å². The van der Waals surface area contributed by atoms with Crippen LogP contribution in [0.25, 0.3) is 10.8 Å². The first-order valence-electron chi connectivity index (χ1n) is 11.6. The van der Waals surface area contributed by atoms with Gasteiger partial charge in [0, 0.05) is 19.3 Å². The van der Waals surface area contributed by atoms with Gasteiger partial charge in [-0.15, -0.1) is 0 Å². The van der Waals surface area contributed by atoms with Crippen molar-refractivity contribution in [3.8, 4) is 5.75 Å². The predicted octanol–water partition coefficient (Wildman–Crippen LogP) is 5.62. The van der Waals surface area contributed by atoms with Crippen LogP contribution in [-0.4, -0.2) is 35.2 Å². The molecule has 0 radical (unpaired) electrons. The summed E-state index contributed by atoms with van der Waals surface area (Å²) in [5.41, 5.74) is 2.61. The molecule has 0 heterocycles. The molecule has 1 aliphatic rings. The van der Waals surface area contributed by atoms with Gasteiger partial charge in [-0.3, -0.25) is 4.79 Å². The van der Waals surface area contributed by atoms with Crippen molar-refractivity contribution in [1.82, 2.24) is 0 Å². The summed E-state index contributed by atoms with van der Waals surface area (Å²) in [6, 6.07) is 19.1. The average molecular weight is 461 g/mol. The highest BCUT2D eigenvalue weighted by Crippen LogP contribution is 2.24. The minimum absolute atomic E-state index is 0.307. The van der Waals surface area contributed by atoms with Gasteiger partial charge < -0.3 is 14.9 Å². The standard InChI is InChI=1S/C20H22O3.C9H10O2/c1-23-20-9-6-16-10-15(2-5-17(16)13-20)12-19(22)8-4-14-3-7-18(21)11-14;1-2-7-3-5-8(6-4-7)9(10)11/h2,4-6,8-10,13-14,19,22H,3,7,11-12H2,1H3;3-6H,2H2,1H3,(H,10,11)/b8-4+;. The molecule has 178 valence electrons. The fourth-order valence-corrected chi connectivity index (χ4v) is 4.01. The zero-order chi connectivity index (χ0) is 24.5. The monoisotopic (exact) mass is 460 g/mol. The number of carbonyl (C=O) groups is 2. The third-order valence-electron chi connectivity index (χ3n) is 6.06. The van der Waals surface area contributed by atoms with Crippen LogP contribution in [0.1, 0.15) is 47.7 Å². The Kier molecular flexibility index (Phi) is 9.00. The van der Waals surface area contributed by atoms with E-state index in [1.165, 1.54) is 0 Å². The molecule has 3 aromatic carbocycles. The first kappa shape index (κ1) is 25.2. The summed E-state index contributed by atoms with van der Waals surface area (Å²) in [7, 11) is 1.66. The van der Waals surface area contributed by atoms with E-state index in [1.54, 1.807) is 19.2 Å². The maximum absolute atomic E-state index is 11.3. The van der Waals surface area contributed by atoms with Gasteiger partial charge in [0.2, 0.25) is 0 Å². The number of aliphatic hydroxyl groups is 1. The maximum atomic E-state index is 11.3. The number of hydrogen-bond acceptors (Lipinski definition) is 4. The summed E-state index contributed by atoms with van der Waals surface area (Å²) in [5, 5.41) is 21.0. The number of hydrogen-bond donors (Lipinski definition) is 2. The predicted molar refractivity (Wildman–Crippen MR) is 134 cm³/mol. The zero-order valence-corrected chi connectivity index (χ0v) is 19.7. The van der Waals surface area contributed by atoms with Gasteiger partial charge in [-0.1, -0.05) is 55.5 Å². The Bertz CT molecular complexity index is 1150. The summed E-state index contributed by atoms with van der Waals surface area (Å²) in [5.74, 6) is 0.618. The highest BCUT2D eigenvalue weighted by atomic mass is 16.5. The van der Waals surface area contributed by atoms with E-state index in [-0.39, 0.29) is 0 Å². The number of carbonyl (C=O) groups excluding carboxylic acids is 1. The van der Waals surface area contributed by atoms with Crippen molar-refractivity contribution >= 4 is 22.5 Å². The van der Waals surface area contributed by atoms with E-state index in [2.05, 4.69) is 12.1 Å². The highest BCUT2D eigenvalue weighted by molar-refractivity contribution is 5.87. The maximum Gasteiger partial charge on any atom is 0.335 e. The van der Waals surface area contributed by atoms with Gasteiger partial charge in [0.15, 0.2) is 0 Å². The molecule has 0 aliphatic heterocycles. The molecule has 0 bridgehead atoms. The lowest BCUT2D eigenvalue weighted by atomic mass is 10.0. The van der Waals surface area contributed by atoms with Crippen LogP contribution in [0.2, 0.25) is 0 Å². The number of ether oxygens (including phenoxy) is 1. The summed E-state index contributed by atoms with van der Waals surface area (Å²) in [4.78, 5) is 21.7. The van der Waals surface area contributed by atoms with Crippen LogP contribution in [0, 0.1) is 5.92 Å². The zero-order valence-electron chi connectivity index (χ0n) is 19.7. The molecule has 2 N–H and O–H groups in total. The molecular formula is C29H32O5. The van der Waals surface area contributed by atoms with Crippen molar-refractivity contribution < 1.29 is 24.5 Å². The van der Waals surface area contributed by atoms with E-state index < -0.39 is 12.1 Å². The SMILES string of the molecule is CCc1ccc(C(=O)O)cc1.COc1ccc2cc(CC(O)/C=C/C3CCC(=O)C3)ccc2c1. The van der Waals surface area contributed by atoms with Crippen molar-refractivity contribution in [1.29, 1.82) is 0 Å². The largest absolute Gasteiger partial charge is 0.497 e. The van der Waals surface area contributed by atoms with Crippen molar-refractivity contribution in [3.05, 3.63) is 89.5 Å². The van der Waals surface area contributed by atoms with E-state index in [0.29, 0.717) is 36.5 Å². The molecule has 0 amide bonds. The van der Waals surface area contributed by atoms with Crippen molar-refractivity contribution in [2.75, 3.05) is 7.11 Å². The van der Waals surface area contributed by atoms with Gasteiger partial charge in [0.05, 0.1) is 18.8 Å². The number of carboxylic acid groups (broad SMARTS) is 1. The van der Waals surface area contributed by atoms with Crippen LogP contribution in [0.15, 0.2) is 72.8 Å². The second kappa shape index (κ2) is 12.1. The Balaban J connectivity index is 0.000000248. The quantitative estimate of drug-likeness (QED) is 0.447. The van der Waals surface area contributed by atoms with Crippen LogP contribution in [0.3, 0.4) is 0 Å². The number of ketones is 1. The molecule has 2 unspecified atom stereocenters. The Labute approximate surface area is 200 Å². The van der Waals surface area contributed by atoms with E-state index in [4.69, 9.17) is 9.84 Å². The number of rotatable bonds is 7. The lowest BCUT2D eigenvalue weighted by Gasteiger charge is -2.09. The van der Waals surface area contributed by atoms with Crippen LogP contribution in [0.5, 0.6) is 5.75 Å². The minimum Gasteiger partial charge on any atom is -0.497 e. The molecule has 5 heteroatoms. The molecule has 34 heavy (non-hydrogen) atoms. The van der Waals surface area contributed by atoms with E-state index >= 15 is 0 Å². The highest BCUT2D eigenvalue weighted by Gasteiger charge is 2.19. The summed E-state index contributed by atoms with van der Waals surface area (Å²) >= 11 is 0. The van der Waals surface area contributed by atoms with Gasteiger partial charge in [-0.05, 0) is 64.9 Å². The van der Waals surface area contributed by atoms with Gasteiger partial charge in [0.25, 0.3) is 0 Å². The first-order valence-corrected chi connectivity index (χ1v) is 11.6. The fraction of sp³-hybridized carbons (Fsp3) is 0.310.